The molecule has 0 aromatic carbocycles. The van der Waals surface area contributed by atoms with E-state index in [-0.39, 0.29) is 0 Å². The summed E-state index contributed by atoms with van der Waals surface area (Å²) >= 11 is 3.11. The molecule has 0 aliphatic rings. The molecule has 76 valence electrons. The summed E-state index contributed by atoms with van der Waals surface area (Å²) in [7, 11) is 0. The van der Waals surface area contributed by atoms with Crippen molar-refractivity contribution in [2.45, 2.75) is 0 Å². The molecule has 0 saturated heterocycles. The molecule has 3 heteroatoms. The number of hydrogen-bond donors (Lipinski definition) is 0. The predicted octanol–water partition coefficient (Wildman–Crippen LogP) is 2.76. The standard InChI is InChI=1S/C13H6OS2/c14-9-1-3-12-7-8-13(16-12)6-5-11-4-2-10-15-11/h2,4,7-10H. The van der Waals surface area contributed by atoms with Gasteiger partial charge in [-0.2, -0.15) is 0 Å². The van der Waals surface area contributed by atoms with E-state index >= 15 is 0 Å². The van der Waals surface area contributed by atoms with Crippen LogP contribution in [-0.2, 0) is 4.79 Å². The maximum atomic E-state index is 10.1. The molecule has 0 amide bonds. The number of rotatable bonds is 0. The van der Waals surface area contributed by atoms with E-state index in [4.69, 9.17) is 0 Å². The summed E-state index contributed by atoms with van der Waals surface area (Å²) in [5.41, 5.74) is 0. The smallest absolute Gasteiger partial charge is 0.193 e. The Balaban J connectivity index is 2.17. The highest BCUT2D eigenvalue weighted by molar-refractivity contribution is 7.13. The minimum Gasteiger partial charge on any atom is -0.289 e. The molecule has 2 rings (SSSR count). The van der Waals surface area contributed by atoms with Gasteiger partial charge in [0.2, 0.25) is 0 Å². The third kappa shape index (κ3) is 2.84. The van der Waals surface area contributed by atoms with Gasteiger partial charge in [0.25, 0.3) is 0 Å². The van der Waals surface area contributed by atoms with Gasteiger partial charge in [-0.05, 0) is 47.3 Å². The van der Waals surface area contributed by atoms with Crippen LogP contribution in [0, 0.1) is 23.7 Å². The SMILES string of the molecule is O=CC#Cc1ccc(C#Cc2cccs2)s1. The van der Waals surface area contributed by atoms with E-state index < -0.39 is 0 Å². The van der Waals surface area contributed by atoms with Crippen LogP contribution in [0.25, 0.3) is 0 Å². The van der Waals surface area contributed by atoms with Crippen molar-refractivity contribution in [2.75, 3.05) is 0 Å². The maximum absolute atomic E-state index is 10.1. The Kier molecular flexibility index (Phi) is 3.56. The Morgan fingerprint density at radius 3 is 2.44 bits per heavy atom. The van der Waals surface area contributed by atoms with Gasteiger partial charge in [0.1, 0.15) is 0 Å². The van der Waals surface area contributed by atoms with Crippen molar-refractivity contribution < 1.29 is 4.79 Å². The molecule has 0 aliphatic carbocycles. The summed E-state index contributed by atoms with van der Waals surface area (Å²) < 4.78 is 0. The number of hydrogen-bond acceptors (Lipinski definition) is 3. The molecule has 0 radical (unpaired) electrons. The zero-order chi connectivity index (χ0) is 11.2. The normalized spacial score (nSPS) is 8.50. The number of aldehydes is 1. The van der Waals surface area contributed by atoms with Gasteiger partial charge in [-0.1, -0.05) is 6.07 Å². The lowest BCUT2D eigenvalue weighted by molar-refractivity contribution is -0.103. The van der Waals surface area contributed by atoms with E-state index in [1.54, 1.807) is 11.3 Å². The Morgan fingerprint density at radius 1 is 1.00 bits per heavy atom. The Hall–Kier alpha value is -1.81. The predicted molar refractivity (Wildman–Crippen MR) is 67.6 cm³/mol. The van der Waals surface area contributed by atoms with Gasteiger partial charge in [-0.15, -0.1) is 22.7 Å². The van der Waals surface area contributed by atoms with E-state index in [9.17, 15) is 4.79 Å². The molecule has 2 heterocycles. The number of thiophene rings is 2. The van der Waals surface area contributed by atoms with E-state index in [0.29, 0.717) is 6.29 Å². The van der Waals surface area contributed by atoms with Crippen LogP contribution in [0.3, 0.4) is 0 Å². The molecule has 0 unspecified atom stereocenters. The molecule has 2 aromatic rings. The fourth-order valence-electron chi connectivity index (χ4n) is 1.05. The second kappa shape index (κ2) is 5.32. The molecule has 0 atom stereocenters. The minimum absolute atomic E-state index is 0.594. The third-order valence-corrected chi connectivity index (χ3v) is 3.39. The molecular formula is C13H6OS2. The second-order valence-corrected chi connectivity index (χ2v) is 4.81. The molecular weight excluding hydrogens is 236 g/mol. The van der Waals surface area contributed by atoms with E-state index in [0.717, 1.165) is 14.6 Å². The van der Waals surface area contributed by atoms with Gasteiger partial charge in [0.15, 0.2) is 6.29 Å². The average molecular weight is 242 g/mol. The Bertz CT molecular complexity index is 598. The van der Waals surface area contributed by atoms with Crippen molar-refractivity contribution in [1.82, 2.24) is 0 Å². The summed E-state index contributed by atoms with van der Waals surface area (Å²) in [5, 5.41) is 2.00. The van der Waals surface area contributed by atoms with Crippen molar-refractivity contribution in [2.24, 2.45) is 0 Å². The number of carbonyl (C=O) groups excluding carboxylic acids is 1. The van der Waals surface area contributed by atoms with Gasteiger partial charge in [0.05, 0.1) is 14.6 Å². The second-order valence-electron chi connectivity index (χ2n) is 2.78. The van der Waals surface area contributed by atoms with Crippen LogP contribution >= 0.6 is 22.7 Å². The first kappa shape index (κ1) is 10.7. The maximum Gasteiger partial charge on any atom is 0.193 e. The molecule has 0 aliphatic heterocycles. The van der Waals surface area contributed by atoms with Crippen LogP contribution in [0.5, 0.6) is 0 Å². The van der Waals surface area contributed by atoms with Crippen LogP contribution in [0.4, 0.5) is 0 Å². The zero-order valence-corrected chi connectivity index (χ0v) is 9.82. The first-order valence-corrected chi connectivity index (χ1v) is 6.18. The monoisotopic (exact) mass is 242 g/mol. The van der Waals surface area contributed by atoms with Gasteiger partial charge >= 0.3 is 0 Å². The van der Waals surface area contributed by atoms with Crippen LogP contribution < -0.4 is 0 Å². The summed E-state index contributed by atoms with van der Waals surface area (Å²) in [6.45, 7) is 0. The van der Waals surface area contributed by atoms with E-state index in [1.807, 2.05) is 29.6 Å². The van der Waals surface area contributed by atoms with Crippen molar-refractivity contribution in [3.8, 4) is 23.7 Å². The van der Waals surface area contributed by atoms with Crippen molar-refractivity contribution in [3.63, 3.8) is 0 Å². The first-order valence-electron chi connectivity index (χ1n) is 4.49. The van der Waals surface area contributed by atoms with Gasteiger partial charge in [0, 0.05) is 0 Å². The third-order valence-electron chi connectivity index (χ3n) is 1.69. The summed E-state index contributed by atoms with van der Waals surface area (Å²) in [6, 6.07) is 7.75. The highest BCUT2D eigenvalue weighted by Gasteiger charge is 1.93. The summed E-state index contributed by atoms with van der Waals surface area (Å²) in [6.07, 6.45) is 0.594. The van der Waals surface area contributed by atoms with Crippen molar-refractivity contribution in [3.05, 3.63) is 44.3 Å². The molecule has 16 heavy (non-hydrogen) atoms. The lowest BCUT2D eigenvalue weighted by atomic mass is 10.4. The van der Waals surface area contributed by atoms with Gasteiger partial charge in [-0.25, -0.2) is 0 Å². The minimum atomic E-state index is 0.594. The molecule has 0 saturated carbocycles. The largest absolute Gasteiger partial charge is 0.289 e. The highest BCUT2D eigenvalue weighted by Crippen LogP contribution is 2.14. The number of carbonyl (C=O) groups is 1. The molecule has 0 fully saturated rings. The van der Waals surface area contributed by atoms with Gasteiger partial charge < -0.3 is 0 Å². The topological polar surface area (TPSA) is 17.1 Å². The summed E-state index contributed by atoms with van der Waals surface area (Å²) in [4.78, 5) is 12.9. The zero-order valence-electron chi connectivity index (χ0n) is 8.19. The highest BCUT2D eigenvalue weighted by atomic mass is 32.1. The molecule has 1 nitrogen and oxygen atoms in total. The van der Waals surface area contributed by atoms with Crippen molar-refractivity contribution in [1.29, 1.82) is 0 Å². The molecule has 2 aromatic heterocycles. The van der Waals surface area contributed by atoms with Gasteiger partial charge in [-0.3, -0.25) is 4.79 Å². The Morgan fingerprint density at radius 2 is 1.75 bits per heavy atom. The molecule has 0 N–H and O–H groups in total. The first-order chi connectivity index (χ1) is 7.88. The average Bonchev–Trinajstić information content (AvgIpc) is 2.95. The van der Waals surface area contributed by atoms with Crippen LogP contribution in [0.1, 0.15) is 14.6 Å². The van der Waals surface area contributed by atoms with E-state index in [2.05, 4.69) is 23.7 Å². The fraction of sp³-hybridized carbons (Fsp3) is 0. The van der Waals surface area contributed by atoms with Crippen molar-refractivity contribution >= 4 is 29.0 Å². The van der Waals surface area contributed by atoms with Crippen LogP contribution in [0.2, 0.25) is 0 Å². The lowest BCUT2D eigenvalue weighted by Gasteiger charge is -1.77. The molecule has 0 spiro atoms. The lowest BCUT2D eigenvalue weighted by Crippen LogP contribution is -1.63. The van der Waals surface area contributed by atoms with Crippen LogP contribution in [0.15, 0.2) is 29.6 Å². The van der Waals surface area contributed by atoms with Crippen LogP contribution in [-0.4, -0.2) is 6.29 Å². The molecule has 0 bridgehead atoms. The fourth-order valence-corrected chi connectivity index (χ4v) is 2.34. The quantitative estimate of drug-likeness (QED) is 0.513. The Labute approximate surface area is 102 Å². The van der Waals surface area contributed by atoms with E-state index in [1.165, 1.54) is 11.3 Å². The summed E-state index contributed by atoms with van der Waals surface area (Å²) in [5.74, 6) is 11.3.